The Hall–Kier alpha value is -2.72. The van der Waals surface area contributed by atoms with E-state index in [1.54, 1.807) is 11.3 Å². The van der Waals surface area contributed by atoms with Gasteiger partial charge in [0.15, 0.2) is 5.78 Å². The molecule has 1 saturated heterocycles. The lowest BCUT2D eigenvalue weighted by Gasteiger charge is -2.34. The zero-order chi connectivity index (χ0) is 23.7. The number of Topliss-reactive ketones (excluding diaryl/α,β-unsaturated/α-hetero) is 1. The summed E-state index contributed by atoms with van der Waals surface area (Å²) < 4.78 is 2.05. The highest BCUT2D eigenvalue weighted by Gasteiger charge is 2.24. The van der Waals surface area contributed by atoms with Crippen LogP contribution >= 0.6 is 22.9 Å². The van der Waals surface area contributed by atoms with Crippen molar-refractivity contribution in [2.24, 2.45) is 14.1 Å². The quantitative estimate of drug-likeness (QED) is 0.535. The highest BCUT2D eigenvalue weighted by molar-refractivity contribution is 7.15. The van der Waals surface area contributed by atoms with E-state index >= 15 is 0 Å². The molecule has 4 rings (SSSR count). The highest BCUT2D eigenvalue weighted by atomic mass is 35.5. The van der Waals surface area contributed by atoms with Crippen LogP contribution in [0.3, 0.4) is 0 Å². The van der Waals surface area contributed by atoms with Gasteiger partial charge in [0, 0.05) is 67.2 Å². The molecule has 0 bridgehead atoms. The van der Waals surface area contributed by atoms with Crippen LogP contribution in [-0.2, 0) is 20.6 Å². The van der Waals surface area contributed by atoms with Crippen LogP contribution in [0.25, 0.3) is 10.4 Å². The number of aromatic nitrogens is 2. The van der Waals surface area contributed by atoms with E-state index in [1.807, 2.05) is 29.2 Å². The maximum Gasteiger partial charge on any atom is 0.332 e. The number of anilines is 1. The fraction of sp³-hybridized carbons (Fsp3) is 0.348. The third-order valence-corrected chi connectivity index (χ3v) is 7.43. The minimum Gasteiger partial charge on any atom is -0.384 e. The van der Waals surface area contributed by atoms with E-state index in [1.165, 1.54) is 19.0 Å². The standard InChI is InChI=1S/C23H26ClN5O3S/c1-26-21(25)20(22(31)27(2)23(26)32)18(30)14-29-11-9-28(10-12-29)13-15-7-8-19(33-15)16-5-3-4-6-17(16)24/h3-8H,9-14,25H2,1-2H3. The number of ketones is 1. The summed E-state index contributed by atoms with van der Waals surface area (Å²) in [6, 6.07) is 12.1. The summed E-state index contributed by atoms with van der Waals surface area (Å²) in [7, 11) is 2.80. The number of hydrogen-bond acceptors (Lipinski definition) is 7. The molecular weight excluding hydrogens is 462 g/mol. The van der Waals surface area contributed by atoms with Gasteiger partial charge in [-0.15, -0.1) is 11.3 Å². The van der Waals surface area contributed by atoms with Gasteiger partial charge < -0.3 is 5.73 Å². The molecule has 0 atom stereocenters. The molecule has 33 heavy (non-hydrogen) atoms. The van der Waals surface area contributed by atoms with Gasteiger partial charge in [-0.1, -0.05) is 29.8 Å². The number of nitrogens with two attached hydrogens (primary N) is 1. The van der Waals surface area contributed by atoms with Crippen molar-refractivity contribution < 1.29 is 4.79 Å². The van der Waals surface area contributed by atoms with Gasteiger partial charge >= 0.3 is 5.69 Å². The molecule has 10 heteroatoms. The molecule has 0 amide bonds. The number of nitrogen functional groups attached to an aromatic ring is 1. The Labute approximate surface area is 200 Å². The summed E-state index contributed by atoms with van der Waals surface area (Å²) in [4.78, 5) is 44.0. The molecule has 8 nitrogen and oxygen atoms in total. The minimum atomic E-state index is -0.647. The normalized spacial score (nSPS) is 15.1. The average Bonchev–Trinajstić information content (AvgIpc) is 3.26. The van der Waals surface area contributed by atoms with Gasteiger partial charge in [0.2, 0.25) is 0 Å². The van der Waals surface area contributed by atoms with Crippen LogP contribution in [0.2, 0.25) is 5.02 Å². The molecule has 3 aromatic rings. The second-order valence-corrected chi connectivity index (χ2v) is 9.76. The van der Waals surface area contributed by atoms with E-state index in [9.17, 15) is 14.4 Å². The molecule has 0 spiro atoms. The molecule has 2 N–H and O–H groups in total. The molecular formula is C23H26ClN5O3S. The number of carbonyl (C=O) groups excluding carboxylic acids is 1. The maximum absolute atomic E-state index is 12.8. The van der Waals surface area contributed by atoms with Gasteiger partial charge in [-0.25, -0.2) is 4.79 Å². The first-order chi connectivity index (χ1) is 15.8. The van der Waals surface area contributed by atoms with Crippen molar-refractivity contribution in [2.75, 3.05) is 38.5 Å². The second kappa shape index (κ2) is 9.64. The molecule has 1 aliphatic heterocycles. The predicted molar refractivity (Wildman–Crippen MR) is 132 cm³/mol. The van der Waals surface area contributed by atoms with E-state index in [4.69, 9.17) is 17.3 Å². The number of carbonyl (C=O) groups is 1. The van der Waals surface area contributed by atoms with Gasteiger partial charge in [-0.2, -0.15) is 0 Å². The zero-order valence-corrected chi connectivity index (χ0v) is 20.2. The van der Waals surface area contributed by atoms with E-state index in [0.717, 1.165) is 44.2 Å². The first kappa shape index (κ1) is 23.4. The van der Waals surface area contributed by atoms with E-state index in [2.05, 4.69) is 17.0 Å². The molecule has 174 valence electrons. The fourth-order valence-electron chi connectivity index (χ4n) is 4.00. The largest absolute Gasteiger partial charge is 0.384 e. The van der Waals surface area contributed by atoms with Crippen LogP contribution in [0.5, 0.6) is 0 Å². The zero-order valence-electron chi connectivity index (χ0n) is 18.6. The number of thiophene rings is 1. The third-order valence-electron chi connectivity index (χ3n) is 6.00. The number of halogens is 1. The van der Waals surface area contributed by atoms with Crippen molar-refractivity contribution in [3.05, 3.63) is 72.7 Å². The molecule has 1 aromatic carbocycles. The highest BCUT2D eigenvalue weighted by Crippen LogP contribution is 2.33. The van der Waals surface area contributed by atoms with Crippen LogP contribution < -0.4 is 17.0 Å². The van der Waals surface area contributed by atoms with Crippen molar-refractivity contribution in [1.29, 1.82) is 0 Å². The average molecular weight is 488 g/mol. The molecule has 1 aliphatic rings. The van der Waals surface area contributed by atoms with Crippen LogP contribution in [-0.4, -0.2) is 57.4 Å². The molecule has 0 unspecified atom stereocenters. The lowest BCUT2D eigenvalue weighted by atomic mass is 10.1. The maximum atomic E-state index is 12.8. The Balaban J connectivity index is 1.36. The van der Waals surface area contributed by atoms with Crippen molar-refractivity contribution in [3.8, 4) is 10.4 Å². The van der Waals surface area contributed by atoms with Gasteiger partial charge in [-0.3, -0.25) is 28.5 Å². The number of piperazine rings is 1. The van der Waals surface area contributed by atoms with Crippen molar-refractivity contribution >= 4 is 34.5 Å². The van der Waals surface area contributed by atoms with Gasteiger partial charge in [0.25, 0.3) is 5.56 Å². The number of benzene rings is 1. The summed E-state index contributed by atoms with van der Waals surface area (Å²) in [5, 5.41) is 0.748. The number of nitrogens with zero attached hydrogens (tertiary/aromatic N) is 4. The lowest BCUT2D eigenvalue weighted by molar-refractivity contribution is 0.0843. The minimum absolute atomic E-state index is 0.0845. The summed E-state index contributed by atoms with van der Waals surface area (Å²) in [6.07, 6.45) is 0. The molecule has 0 radical (unpaired) electrons. The Bertz CT molecular complexity index is 1300. The summed E-state index contributed by atoms with van der Waals surface area (Å²) in [5.41, 5.74) is 5.65. The van der Waals surface area contributed by atoms with Crippen molar-refractivity contribution in [2.45, 2.75) is 6.54 Å². The number of rotatable bonds is 6. The topological polar surface area (TPSA) is 93.6 Å². The molecule has 0 aliphatic carbocycles. The summed E-state index contributed by atoms with van der Waals surface area (Å²) in [5.74, 6) is -0.446. The van der Waals surface area contributed by atoms with Gasteiger partial charge in [0.1, 0.15) is 11.4 Å². The number of hydrogen-bond donors (Lipinski definition) is 1. The van der Waals surface area contributed by atoms with Crippen molar-refractivity contribution in [1.82, 2.24) is 18.9 Å². The summed E-state index contributed by atoms with van der Waals surface area (Å²) >= 11 is 8.06. The smallest absolute Gasteiger partial charge is 0.332 e. The lowest BCUT2D eigenvalue weighted by Crippen LogP contribution is -2.48. The SMILES string of the molecule is Cn1c(N)c(C(=O)CN2CCN(Cc3ccc(-c4ccccc4Cl)s3)CC2)c(=O)n(C)c1=O. The molecule has 3 heterocycles. The predicted octanol–water partition coefficient (Wildman–Crippen LogP) is 2.05. The van der Waals surface area contributed by atoms with Gasteiger partial charge in [-0.05, 0) is 18.2 Å². The Morgan fingerprint density at radius 1 is 1.00 bits per heavy atom. The van der Waals surface area contributed by atoms with E-state index in [0.29, 0.717) is 13.1 Å². The van der Waals surface area contributed by atoms with Crippen LogP contribution in [0.4, 0.5) is 5.82 Å². The van der Waals surface area contributed by atoms with Crippen molar-refractivity contribution in [3.63, 3.8) is 0 Å². The molecule has 0 saturated carbocycles. The molecule has 2 aromatic heterocycles. The monoisotopic (exact) mass is 487 g/mol. The van der Waals surface area contributed by atoms with Crippen LogP contribution in [0, 0.1) is 0 Å². The van der Waals surface area contributed by atoms with E-state index < -0.39 is 11.2 Å². The second-order valence-electron chi connectivity index (χ2n) is 8.19. The first-order valence-corrected chi connectivity index (χ1v) is 11.8. The third kappa shape index (κ3) is 4.81. The fourth-order valence-corrected chi connectivity index (χ4v) is 5.38. The Kier molecular flexibility index (Phi) is 6.85. The first-order valence-electron chi connectivity index (χ1n) is 10.6. The Morgan fingerprint density at radius 2 is 1.67 bits per heavy atom. The Morgan fingerprint density at radius 3 is 2.36 bits per heavy atom. The van der Waals surface area contributed by atoms with Crippen LogP contribution in [0.1, 0.15) is 15.2 Å². The van der Waals surface area contributed by atoms with Crippen LogP contribution in [0.15, 0.2) is 46.0 Å². The molecule has 1 fully saturated rings. The van der Waals surface area contributed by atoms with E-state index in [-0.39, 0.29) is 23.7 Å². The van der Waals surface area contributed by atoms with Gasteiger partial charge in [0.05, 0.1) is 6.54 Å². The summed E-state index contributed by atoms with van der Waals surface area (Å²) in [6.45, 7) is 3.98.